The molecule has 0 saturated heterocycles. The van der Waals surface area contributed by atoms with Gasteiger partial charge in [0, 0.05) is 0 Å². The zero-order chi connectivity index (χ0) is 9.80. The first-order valence-corrected chi connectivity index (χ1v) is 5.11. The molecule has 0 aliphatic rings. The average Bonchev–Trinajstić information content (AvgIpc) is 2.77. The molecule has 3 nitrogen and oxygen atoms in total. The normalized spacial score (nSPS) is 10.6. The molecule has 2 aromatic heterocycles. The van der Waals surface area contributed by atoms with E-state index < -0.39 is 0 Å². The fourth-order valence-corrected chi connectivity index (χ4v) is 1.51. The van der Waals surface area contributed by atoms with Gasteiger partial charge in [0.2, 0.25) is 0 Å². The van der Waals surface area contributed by atoms with Crippen LogP contribution < -0.4 is 5.32 Å². The molecule has 0 radical (unpaired) electrons. The predicted molar refractivity (Wildman–Crippen MR) is 55.7 cm³/mol. The maximum absolute atomic E-state index is 5.33. The second-order valence-corrected chi connectivity index (χ2v) is 3.67. The third kappa shape index (κ3) is 2.49. The monoisotopic (exact) mass is 255 g/mol. The Balaban J connectivity index is 1.78. The number of halogens is 1. The van der Waals surface area contributed by atoms with Gasteiger partial charge >= 0.3 is 0 Å². The second kappa shape index (κ2) is 4.48. The highest BCUT2D eigenvalue weighted by Gasteiger charge is 1.99. The number of nitrogens with one attached hydrogen (secondary N) is 1. The molecule has 0 aliphatic heterocycles. The Hall–Kier alpha value is -1.00. The summed E-state index contributed by atoms with van der Waals surface area (Å²) in [5.74, 6) is 1.83. The van der Waals surface area contributed by atoms with Crippen LogP contribution in [0.5, 0.6) is 0 Å². The Morgan fingerprint density at radius 1 is 1.14 bits per heavy atom. The highest BCUT2D eigenvalue weighted by molar-refractivity contribution is 9.10. The molecule has 0 amide bonds. The van der Waals surface area contributed by atoms with Crippen LogP contribution in [0.3, 0.4) is 0 Å². The van der Waals surface area contributed by atoms with Crippen molar-refractivity contribution in [1.82, 2.24) is 5.32 Å². The van der Waals surface area contributed by atoms with E-state index in [1.807, 2.05) is 24.3 Å². The molecule has 0 aromatic carbocycles. The molecule has 0 saturated carbocycles. The van der Waals surface area contributed by atoms with Crippen molar-refractivity contribution in [2.45, 2.75) is 13.1 Å². The topological polar surface area (TPSA) is 38.3 Å². The van der Waals surface area contributed by atoms with Crippen molar-refractivity contribution in [3.05, 3.63) is 46.7 Å². The number of furan rings is 2. The van der Waals surface area contributed by atoms with Crippen molar-refractivity contribution in [2.75, 3.05) is 0 Å². The van der Waals surface area contributed by atoms with Crippen LogP contribution in [0.4, 0.5) is 0 Å². The van der Waals surface area contributed by atoms with E-state index in [1.54, 1.807) is 6.26 Å². The first-order valence-electron chi connectivity index (χ1n) is 4.32. The number of hydrogen-bond acceptors (Lipinski definition) is 3. The van der Waals surface area contributed by atoms with Crippen molar-refractivity contribution >= 4 is 15.9 Å². The third-order valence-corrected chi connectivity index (χ3v) is 2.23. The zero-order valence-corrected chi connectivity index (χ0v) is 9.08. The Bertz CT molecular complexity index is 380. The molecule has 14 heavy (non-hydrogen) atoms. The van der Waals surface area contributed by atoms with Crippen LogP contribution in [0.2, 0.25) is 0 Å². The molecule has 0 aliphatic carbocycles. The predicted octanol–water partition coefficient (Wildman–Crippen LogP) is 2.92. The lowest BCUT2D eigenvalue weighted by molar-refractivity contribution is 0.442. The lowest BCUT2D eigenvalue weighted by Crippen LogP contribution is -2.11. The van der Waals surface area contributed by atoms with Crippen LogP contribution in [-0.4, -0.2) is 0 Å². The summed E-state index contributed by atoms with van der Waals surface area (Å²) >= 11 is 3.25. The van der Waals surface area contributed by atoms with E-state index in [1.165, 1.54) is 0 Å². The molecular formula is C10H10BrNO2. The number of rotatable bonds is 4. The molecule has 1 N–H and O–H groups in total. The minimum Gasteiger partial charge on any atom is -0.468 e. The molecule has 2 heterocycles. The first-order chi connectivity index (χ1) is 6.84. The fourth-order valence-electron chi connectivity index (χ4n) is 1.17. The summed E-state index contributed by atoms with van der Waals surface area (Å²) in [6, 6.07) is 7.62. The van der Waals surface area contributed by atoms with Gasteiger partial charge in [-0.1, -0.05) is 0 Å². The van der Waals surface area contributed by atoms with Gasteiger partial charge in [-0.25, -0.2) is 0 Å². The molecule has 2 aromatic rings. The van der Waals surface area contributed by atoms with Gasteiger partial charge in [-0.05, 0) is 40.2 Å². The van der Waals surface area contributed by atoms with Crippen LogP contribution in [0.25, 0.3) is 0 Å². The summed E-state index contributed by atoms with van der Waals surface area (Å²) in [6.07, 6.45) is 1.67. The summed E-state index contributed by atoms with van der Waals surface area (Å²) < 4.78 is 11.3. The van der Waals surface area contributed by atoms with Crippen molar-refractivity contribution in [3.63, 3.8) is 0 Å². The molecule has 74 valence electrons. The van der Waals surface area contributed by atoms with E-state index in [4.69, 9.17) is 8.83 Å². The van der Waals surface area contributed by atoms with Gasteiger partial charge < -0.3 is 14.2 Å². The molecular weight excluding hydrogens is 246 g/mol. The van der Waals surface area contributed by atoms with Gasteiger partial charge in [0.25, 0.3) is 0 Å². The summed E-state index contributed by atoms with van der Waals surface area (Å²) in [4.78, 5) is 0. The van der Waals surface area contributed by atoms with Gasteiger partial charge in [-0.15, -0.1) is 0 Å². The maximum Gasteiger partial charge on any atom is 0.169 e. The van der Waals surface area contributed by atoms with Gasteiger partial charge in [-0.2, -0.15) is 0 Å². The van der Waals surface area contributed by atoms with Crippen molar-refractivity contribution in [3.8, 4) is 0 Å². The van der Waals surface area contributed by atoms with E-state index >= 15 is 0 Å². The second-order valence-electron chi connectivity index (χ2n) is 2.89. The molecule has 0 atom stereocenters. The van der Waals surface area contributed by atoms with Crippen LogP contribution in [0.15, 0.2) is 44.0 Å². The van der Waals surface area contributed by atoms with Crippen LogP contribution >= 0.6 is 15.9 Å². The summed E-state index contributed by atoms with van der Waals surface area (Å²) in [6.45, 7) is 1.41. The highest BCUT2D eigenvalue weighted by Crippen LogP contribution is 2.13. The lowest BCUT2D eigenvalue weighted by Gasteiger charge is -1.98. The van der Waals surface area contributed by atoms with E-state index in [0.29, 0.717) is 13.1 Å². The Morgan fingerprint density at radius 3 is 2.64 bits per heavy atom. The van der Waals surface area contributed by atoms with Gasteiger partial charge in [0.1, 0.15) is 11.5 Å². The quantitative estimate of drug-likeness (QED) is 0.913. The van der Waals surface area contributed by atoms with E-state index in [9.17, 15) is 0 Å². The van der Waals surface area contributed by atoms with E-state index in [-0.39, 0.29) is 0 Å². The fraction of sp³-hybridized carbons (Fsp3) is 0.200. The minimum absolute atomic E-state index is 0.701. The zero-order valence-electron chi connectivity index (χ0n) is 7.50. The molecule has 0 fully saturated rings. The molecule has 0 spiro atoms. The Kier molecular flexibility index (Phi) is 3.06. The van der Waals surface area contributed by atoms with Crippen molar-refractivity contribution < 1.29 is 8.83 Å². The molecule has 4 heteroatoms. The highest BCUT2D eigenvalue weighted by atomic mass is 79.9. The van der Waals surface area contributed by atoms with E-state index in [2.05, 4.69) is 21.2 Å². The Labute approximate surface area is 90.2 Å². The SMILES string of the molecule is Brc1ccc(CNCc2ccco2)o1. The smallest absolute Gasteiger partial charge is 0.169 e. The largest absolute Gasteiger partial charge is 0.468 e. The summed E-state index contributed by atoms with van der Waals surface area (Å²) in [5.41, 5.74) is 0. The van der Waals surface area contributed by atoms with Crippen LogP contribution in [0.1, 0.15) is 11.5 Å². The molecule has 0 unspecified atom stereocenters. The van der Waals surface area contributed by atoms with Gasteiger partial charge in [0.05, 0.1) is 19.4 Å². The summed E-state index contributed by atoms with van der Waals surface area (Å²) in [7, 11) is 0. The van der Waals surface area contributed by atoms with Gasteiger partial charge in [0.15, 0.2) is 4.67 Å². The maximum atomic E-state index is 5.33. The van der Waals surface area contributed by atoms with Crippen molar-refractivity contribution in [1.29, 1.82) is 0 Å². The average molecular weight is 256 g/mol. The van der Waals surface area contributed by atoms with Crippen molar-refractivity contribution in [2.24, 2.45) is 0 Å². The molecule has 0 bridgehead atoms. The summed E-state index contributed by atoms with van der Waals surface area (Å²) in [5, 5.41) is 3.21. The standard InChI is InChI=1S/C10H10BrNO2/c11-10-4-3-9(14-10)7-12-6-8-2-1-5-13-8/h1-5,12H,6-7H2. The number of hydrogen-bond donors (Lipinski definition) is 1. The Morgan fingerprint density at radius 2 is 2.00 bits per heavy atom. The van der Waals surface area contributed by atoms with E-state index in [0.717, 1.165) is 16.2 Å². The minimum atomic E-state index is 0.701. The van der Waals surface area contributed by atoms with Crippen LogP contribution in [0, 0.1) is 0 Å². The third-order valence-electron chi connectivity index (χ3n) is 1.81. The van der Waals surface area contributed by atoms with Crippen LogP contribution in [-0.2, 0) is 13.1 Å². The van der Waals surface area contributed by atoms with Gasteiger partial charge in [-0.3, -0.25) is 0 Å². The molecule has 2 rings (SSSR count). The lowest BCUT2D eigenvalue weighted by atomic mass is 10.4. The first kappa shape index (κ1) is 9.55.